The smallest absolute Gasteiger partial charge is 0.0300 e. The molecule has 0 aromatic carbocycles. The van der Waals surface area contributed by atoms with E-state index in [2.05, 4.69) is 23.4 Å². The molecule has 3 rings (SSSR count). The van der Waals surface area contributed by atoms with Gasteiger partial charge in [-0.1, -0.05) is 12.5 Å². The fraction of sp³-hybridized carbons (Fsp3) is 0.688. The standard InChI is InChI=1S/C16H24N2/c1-17-16(9-13-3-2-6-18-11-13)10-15-8-12-4-5-14(15)7-12/h2-3,6,11-12,14-17H,4-5,7-10H2,1H3. The van der Waals surface area contributed by atoms with Gasteiger partial charge in [0.2, 0.25) is 0 Å². The van der Waals surface area contributed by atoms with Gasteiger partial charge in [0, 0.05) is 18.4 Å². The predicted octanol–water partition coefficient (Wildman–Crippen LogP) is 3.04. The van der Waals surface area contributed by atoms with Crippen molar-refractivity contribution in [1.29, 1.82) is 0 Å². The minimum Gasteiger partial charge on any atom is -0.317 e. The van der Waals surface area contributed by atoms with E-state index in [1.807, 2.05) is 18.5 Å². The average Bonchev–Trinajstić information content (AvgIpc) is 3.01. The van der Waals surface area contributed by atoms with E-state index in [1.54, 1.807) is 0 Å². The van der Waals surface area contributed by atoms with E-state index in [0.29, 0.717) is 6.04 Å². The fourth-order valence-corrected chi connectivity index (χ4v) is 4.14. The Kier molecular flexibility index (Phi) is 3.64. The molecule has 1 aromatic heterocycles. The van der Waals surface area contributed by atoms with Crippen LogP contribution in [0.3, 0.4) is 0 Å². The van der Waals surface area contributed by atoms with Gasteiger partial charge in [0.05, 0.1) is 0 Å². The third-order valence-electron chi connectivity index (χ3n) is 5.08. The number of nitrogens with one attached hydrogen (secondary N) is 1. The van der Waals surface area contributed by atoms with Crippen molar-refractivity contribution in [2.45, 2.75) is 44.6 Å². The van der Waals surface area contributed by atoms with Crippen LogP contribution in [-0.4, -0.2) is 18.1 Å². The van der Waals surface area contributed by atoms with Crippen molar-refractivity contribution in [3.05, 3.63) is 30.1 Å². The van der Waals surface area contributed by atoms with E-state index in [-0.39, 0.29) is 0 Å². The lowest BCUT2D eigenvalue weighted by Gasteiger charge is -2.26. The van der Waals surface area contributed by atoms with Gasteiger partial charge in [-0.05, 0) is 68.5 Å². The van der Waals surface area contributed by atoms with Crippen LogP contribution in [0.25, 0.3) is 0 Å². The van der Waals surface area contributed by atoms with Crippen molar-refractivity contribution in [2.24, 2.45) is 17.8 Å². The van der Waals surface area contributed by atoms with Crippen molar-refractivity contribution in [2.75, 3.05) is 7.05 Å². The van der Waals surface area contributed by atoms with Crippen molar-refractivity contribution >= 4 is 0 Å². The van der Waals surface area contributed by atoms with Crippen LogP contribution in [0.15, 0.2) is 24.5 Å². The van der Waals surface area contributed by atoms with Gasteiger partial charge in [0.1, 0.15) is 0 Å². The number of nitrogens with zero attached hydrogens (tertiary/aromatic N) is 1. The Labute approximate surface area is 110 Å². The molecule has 2 nitrogen and oxygen atoms in total. The molecule has 1 N–H and O–H groups in total. The van der Waals surface area contributed by atoms with Gasteiger partial charge < -0.3 is 5.32 Å². The second kappa shape index (κ2) is 5.40. The first-order valence-electron chi connectivity index (χ1n) is 7.41. The predicted molar refractivity (Wildman–Crippen MR) is 74.3 cm³/mol. The third kappa shape index (κ3) is 2.59. The molecule has 0 radical (unpaired) electrons. The minimum absolute atomic E-state index is 0.624. The monoisotopic (exact) mass is 244 g/mol. The van der Waals surface area contributed by atoms with Crippen LogP contribution >= 0.6 is 0 Å². The zero-order valence-electron chi connectivity index (χ0n) is 11.3. The van der Waals surface area contributed by atoms with Crippen LogP contribution in [0.4, 0.5) is 0 Å². The van der Waals surface area contributed by atoms with Gasteiger partial charge in [0.15, 0.2) is 0 Å². The molecule has 4 atom stereocenters. The molecule has 0 spiro atoms. The zero-order valence-corrected chi connectivity index (χ0v) is 11.3. The molecule has 2 fully saturated rings. The van der Waals surface area contributed by atoms with Gasteiger partial charge in [-0.25, -0.2) is 0 Å². The summed E-state index contributed by atoms with van der Waals surface area (Å²) in [4.78, 5) is 4.21. The Bertz CT molecular complexity index is 376. The van der Waals surface area contributed by atoms with Crippen molar-refractivity contribution in [1.82, 2.24) is 10.3 Å². The highest BCUT2D eigenvalue weighted by Gasteiger charge is 2.39. The van der Waals surface area contributed by atoms with Gasteiger partial charge >= 0.3 is 0 Å². The van der Waals surface area contributed by atoms with Crippen LogP contribution in [0.1, 0.15) is 37.7 Å². The Balaban J connectivity index is 1.56. The van der Waals surface area contributed by atoms with Crippen molar-refractivity contribution in [3.63, 3.8) is 0 Å². The van der Waals surface area contributed by atoms with Gasteiger partial charge in [-0.2, -0.15) is 0 Å². The lowest BCUT2D eigenvalue weighted by Crippen LogP contribution is -2.31. The molecule has 2 saturated carbocycles. The maximum Gasteiger partial charge on any atom is 0.0300 e. The van der Waals surface area contributed by atoms with E-state index in [0.717, 1.165) is 24.2 Å². The van der Waals surface area contributed by atoms with Crippen LogP contribution in [0.5, 0.6) is 0 Å². The Morgan fingerprint density at radius 3 is 2.94 bits per heavy atom. The molecule has 0 saturated heterocycles. The molecule has 2 heteroatoms. The summed E-state index contributed by atoms with van der Waals surface area (Å²) in [7, 11) is 2.11. The Morgan fingerprint density at radius 1 is 1.39 bits per heavy atom. The third-order valence-corrected chi connectivity index (χ3v) is 5.08. The van der Waals surface area contributed by atoms with Crippen molar-refractivity contribution < 1.29 is 0 Å². The van der Waals surface area contributed by atoms with E-state index in [1.165, 1.54) is 37.7 Å². The number of rotatable bonds is 5. The second-order valence-corrected chi connectivity index (χ2v) is 6.22. The molecular weight excluding hydrogens is 220 g/mol. The molecule has 2 bridgehead atoms. The summed E-state index contributed by atoms with van der Waals surface area (Å²) in [5.41, 5.74) is 1.36. The first kappa shape index (κ1) is 12.2. The van der Waals surface area contributed by atoms with Crippen LogP contribution in [0, 0.1) is 17.8 Å². The Hall–Kier alpha value is -0.890. The number of fused-ring (bicyclic) bond motifs is 2. The SMILES string of the molecule is CNC(Cc1cccnc1)CC1CC2CCC1C2. The topological polar surface area (TPSA) is 24.9 Å². The number of aromatic nitrogens is 1. The molecule has 98 valence electrons. The number of hydrogen-bond donors (Lipinski definition) is 1. The van der Waals surface area contributed by atoms with Crippen LogP contribution in [0.2, 0.25) is 0 Å². The highest BCUT2D eigenvalue weighted by Crippen LogP contribution is 2.49. The molecule has 2 aliphatic rings. The second-order valence-electron chi connectivity index (χ2n) is 6.22. The number of hydrogen-bond acceptors (Lipinski definition) is 2. The minimum atomic E-state index is 0.624. The first-order chi connectivity index (χ1) is 8.85. The molecule has 4 unspecified atom stereocenters. The molecule has 1 aromatic rings. The summed E-state index contributed by atoms with van der Waals surface area (Å²) < 4.78 is 0. The maximum absolute atomic E-state index is 4.21. The van der Waals surface area contributed by atoms with Gasteiger partial charge in [0.25, 0.3) is 0 Å². The van der Waals surface area contributed by atoms with Crippen molar-refractivity contribution in [3.8, 4) is 0 Å². The fourth-order valence-electron chi connectivity index (χ4n) is 4.14. The maximum atomic E-state index is 4.21. The number of likely N-dealkylation sites (N-methyl/N-ethyl adjacent to an activating group) is 1. The average molecular weight is 244 g/mol. The summed E-state index contributed by atoms with van der Waals surface area (Å²) in [6.45, 7) is 0. The van der Waals surface area contributed by atoms with Crippen LogP contribution < -0.4 is 5.32 Å². The normalized spacial score (nSPS) is 31.7. The summed E-state index contributed by atoms with van der Waals surface area (Å²) >= 11 is 0. The Morgan fingerprint density at radius 2 is 2.33 bits per heavy atom. The van der Waals surface area contributed by atoms with Gasteiger partial charge in [-0.15, -0.1) is 0 Å². The number of pyridine rings is 1. The summed E-state index contributed by atoms with van der Waals surface area (Å²) in [5.74, 6) is 3.09. The highest BCUT2D eigenvalue weighted by molar-refractivity contribution is 5.10. The van der Waals surface area contributed by atoms with E-state index in [4.69, 9.17) is 0 Å². The molecule has 1 heterocycles. The van der Waals surface area contributed by atoms with E-state index in [9.17, 15) is 0 Å². The molecule has 18 heavy (non-hydrogen) atoms. The van der Waals surface area contributed by atoms with Gasteiger partial charge in [-0.3, -0.25) is 4.98 Å². The summed E-state index contributed by atoms with van der Waals surface area (Å²) in [6, 6.07) is 4.86. The quantitative estimate of drug-likeness (QED) is 0.861. The molecule has 0 aliphatic heterocycles. The van der Waals surface area contributed by atoms with E-state index < -0.39 is 0 Å². The largest absolute Gasteiger partial charge is 0.317 e. The first-order valence-corrected chi connectivity index (χ1v) is 7.41. The lowest BCUT2D eigenvalue weighted by molar-refractivity contribution is 0.281. The van der Waals surface area contributed by atoms with E-state index >= 15 is 0 Å². The summed E-state index contributed by atoms with van der Waals surface area (Å²) in [5, 5.41) is 3.51. The highest BCUT2D eigenvalue weighted by atomic mass is 14.9. The molecular formula is C16H24N2. The summed E-state index contributed by atoms with van der Waals surface area (Å²) in [6.07, 6.45) is 12.4. The van der Waals surface area contributed by atoms with Crippen LogP contribution in [-0.2, 0) is 6.42 Å². The lowest BCUT2D eigenvalue weighted by atomic mass is 9.83. The molecule has 0 amide bonds. The molecule has 2 aliphatic carbocycles. The zero-order chi connectivity index (χ0) is 12.4.